The molecule has 1 fully saturated rings. The van der Waals surface area contributed by atoms with E-state index in [9.17, 15) is 4.79 Å². The SMILES string of the molecule is CCCC#Cc1cc(C)cc(C(=O)c2c(CC3CC3)c(C)nc(OC)c2C(C)CC)c1. The lowest BCUT2D eigenvalue weighted by atomic mass is 9.84. The van der Waals surface area contributed by atoms with Crippen LogP contribution in [0.15, 0.2) is 18.2 Å². The maximum absolute atomic E-state index is 14.0. The topological polar surface area (TPSA) is 39.2 Å². The van der Waals surface area contributed by atoms with Crippen LogP contribution in [0.25, 0.3) is 0 Å². The Labute approximate surface area is 187 Å². The fourth-order valence-electron chi connectivity index (χ4n) is 4.09. The molecule has 31 heavy (non-hydrogen) atoms. The van der Waals surface area contributed by atoms with E-state index in [1.807, 2.05) is 26.0 Å². The first kappa shape index (κ1) is 23.1. The third-order valence-corrected chi connectivity index (χ3v) is 6.17. The number of aromatic nitrogens is 1. The molecule has 3 nitrogen and oxygen atoms in total. The van der Waals surface area contributed by atoms with Gasteiger partial charge in [-0.3, -0.25) is 4.79 Å². The molecule has 0 amide bonds. The van der Waals surface area contributed by atoms with Gasteiger partial charge in [0.1, 0.15) is 0 Å². The molecule has 2 aromatic rings. The lowest BCUT2D eigenvalue weighted by molar-refractivity contribution is 0.103. The maximum atomic E-state index is 14.0. The first-order valence-electron chi connectivity index (χ1n) is 11.6. The van der Waals surface area contributed by atoms with Crippen LogP contribution in [0.2, 0.25) is 0 Å². The predicted molar refractivity (Wildman–Crippen MR) is 127 cm³/mol. The lowest BCUT2D eigenvalue weighted by Gasteiger charge is -2.22. The number of carbonyl (C=O) groups is 1. The number of benzene rings is 1. The monoisotopic (exact) mass is 417 g/mol. The molecule has 3 heteroatoms. The number of ether oxygens (including phenoxy) is 1. The minimum atomic E-state index is 0.0667. The molecule has 164 valence electrons. The van der Waals surface area contributed by atoms with Crippen LogP contribution in [0.4, 0.5) is 0 Å². The lowest BCUT2D eigenvalue weighted by Crippen LogP contribution is -2.16. The minimum absolute atomic E-state index is 0.0667. The van der Waals surface area contributed by atoms with Gasteiger partial charge < -0.3 is 4.74 Å². The van der Waals surface area contributed by atoms with Crippen molar-refractivity contribution in [1.82, 2.24) is 4.98 Å². The van der Waals surface area contributed by atoms with Crippen molar-refractivity contribution < 1.29 is 9.53 Å². The molecular formula is C28H35NO2. The van der Waals surface area contributed by atoms with E-state index in [-0.39, 0.29) is 11.7 Å². The van der Waals surface area contributed by atoms with Crippen LogP contribution in [0, 0.1) is 31.6 Å². The van der Waals surface area contributed by atoms with Gasteiger partial charge in [-0.15, -0.1) is 0 Å². The minimum Gasteiger partial charge on any atom is -0.481 e. The number of unbranched alkanes of at least 4 members (excludes halogenated alkanes) is 1. The number of hydrogen-bond acceptors (Lipinski definition) is 3. The Hall–Kier alpha value is -2.60. The summed E-state index contributed by atoms with van der Waals surface area (Å²) in [4.78, 5) is 18.8. The molecule has 1 atom stereocenters. The van der Waals surface area contributed by atoms with Crippen molar-refractivity contribution in [3.05, 3.63) is 57.3 Å². The second-order valence-electron chi connectivity index (χ2n) is 8.90. The van der Waals surface area contributed by atoms with Crippen molar-refractivity contribution in [1.29, 1.82) is 0 Å². The number of pyridine rings is 1. The number of nitrogens with zero attached hydrogens (tertiary/aromatic N) is 1. The van der Waals surface area contributed by atoms with Crippen molar-refractivity contribution in [3.63, 3.8) is 0 Å². The van der Waals surface area contributed by atoms with E-state index in [2.05, 4.69) is 38.7 Å². The zero-order valence-corrected chi connectivity index (χ0v) is 19.9. The fraction of sp³-hybridized carbons (Fsp3) is 0.500. The van der Waals surface area contributed by atoms with Crippen LogP contribution < -0.4 is 4.74 Å². The Balaban J connectivity index is 2.19. The summed E-state index contributed by atoms with van der Waals surface area (Å²) >= 11 is 0. The highest BCUT2D eigenvalue weighted by atomic mass is 16.5. The molecule has 1 unspecified atom stereocenters. The van der Waals surface area contributed by atoms with E-state index in [4.69, 9.17) is 9.72 Å². The Morgan fingerprint density at radius 2 is 1.97 bits per heavy atom. The van der Waals surface area contributed by atoms with Gasteiger partial charge in [-0.05, 0) is 87.1 Å². The van der Waals surface area contributed by atoms with Crippen molar-refractivity contribution in [2.24, 2.45) is 5.92 Å². The Morgan fingerprint density at radius 1 is 1.23 bits per heavy atom. The number of rotatable bonds is 8. The maximum Gasteiger partial charge on any atom is 0.217 e. The Morgan fingerprint density at radius 3 is 2.58 bits per heavy atom. The second-order valence-corrected chi connectivity index (χ2v) is 8.90. The van der Waals surface area contributed by atoms with Crippen LogP contribution in [0.1, 0.15) is 103 Å². The summed E-state index contributed by atoms with van der Waals surface area (Å²) in [5.74, 6) is 7.95. The normalized spacial score (nSPS) is 14.0. The third kappa shape index (κ3) is 5.37. The molecule has 1 aliphatic rings. The summed E-state index contributed by atoms with van der Waals surface area (Å²) in [6.07, 6.45) is 6.21. The van der Waals surface area contributed by atoms with Gasteiger partial charge in [-0.25, -0.2) is 4.98 Å². The summed E-state index contributed by atoms with van der Waals surface area (Å²) in [5.41, 5.74) is 6.44. The molecule has 0 radical (unpaired) electrons. The molecule has 1 heterocycles. The zero-order valence-electron chi connectivity index (χ0n) is 19.9. The standard InChI is InChI=1S/C28H35NO2/c1-7-9-10-11-22-14-18(3)15-23(16-22)27(30)26-24(17-21-12-13-21)20(5)29-28(31-6)25(26)19(4)8-2/h14-16,19,21H,7-9,12-13,17H2,1-6H3. The first-order chi connectivity index (χ1) is 14.9. The van der Waals surface area contributed by atoms with Crippen LogP contribution in [0.3, 0.4) is 0 Å². The van der Waals surface area contributed by atoms with E-state index in [1.165, 1.54) is 12.8 Å². The van der Waals surface area contributed by atoms with Crippen molar-refractivity contribution >= 4 is 5.78 Å². The molecule has 0 bridgehead atoms. The van der Waals surface area contributed by atoms with Crippen LogP contribution >= 0.6 is 0 Å². The first-order valence-corrected chi connectivity index (χ1v) is 11.6. The van der Waals surface area contributed by atoms with Gasteiger partial charge in [0, 0.05) is 34.4 Å². The molecule has 1 aromatic carbocycles. The highest BCUT2D eigenvalue weighted by Crippen LogP contribution is 2.40. The highest BCUT2D eigenvalue weighted by Gasteiger charge is 2.31. The van der Waals surface area contributed by atoms with Crippen molar-refractivity contribution in [3.8, 4) is 17.7 Å². The molecule has 0 spiro atoms. The molecule has 1 saturated carbocycles. The highest BCUT2D eigenvalue weighted by molar-refractivity contribution is 6.11. The smallest absolute Gasteiger partial charge is 0.217 e. The summed E-state index contributed by atoms with van der Waals surface area (Å²) in [7, 11) is 1.65. The average molecular weight is 418 g/mol. The number of methoxy groups -OCH3 is 1. The van der Waals surface area contributed by atoms with Gasteiger partial charge in [0.2, 0.25) is 5.88 Å². The van der Waals surface area contributed by atoms with Crippen molar-refractivity contribution in [2.45, 2.75) is 79.1 Å². The van der Waals surface area contributed by atoms with Gasteiger partial charge in [0.15, 0.2) is 5.78 Å². The second kappa shape index (κ2) is 10.1. The molecule has 1 aliphatic carbocycles. The Bertz CT molecular complexity index is 1020. The van der Waals surface area contributed by atoms with E-state index in [0.717, 1.165) is 59.2 Å². The number of carbonyl (C=O) groups excluding carboxylic acids is 1. The largest absolute Gasteiger partial charge is 0.481 e. The molecular weight excluding hydrogens is 382 g/mol. The van der Waals surface area contributed by atoms with E-state index in [1.54, 1.807) is 7.11 Å². The summed E-state index contributed by atoms with van der Waals surface area (Å²) in [6.45, 7) is 10.5. The molecule has 0 N–H and O–H groups in total. The molecule has 1 aromatic heterocycles. The van der Waals surface area contributed by atoms with Gasteiger partial charge in [0.05, 0.1) is 7.11 Å². The van der Waals surface area contributed by atoms with Gasteiger partial charge in [-0.1, -0.05) is 32.6 Å². The van der Waals surface area contributed by atoms with Crippen LogP contribution in [-0.2, 0) is 6.42 Å². The molecule has 0 saturated heterocycles. The quantitative estimate of drug-likeness (QED) is 0.361. The van der Waals surface area contributed by atoms with Gasteiger partial charge in [-0.2, -0.15) is 0 Å². The number of aryl methyl sites for hydroxylation is 2. The Kier molecular flexibility index (Phi) is 7.55. The zero-order chi connectivity index (χ0) is 22.5. The molecule has 0 aliphatic heterocycles. The van der Waals surface area contributed by atoms with E-state index >= 15 is 0 Å². The summed E-state index contributed by atoms with van der Waals surface area (Å²) < 4.78 is 5.68. The van der Waals surface area contributed by atoms with E-state index in [0.29, 0.717) is 17.4 Å². The van der Waals surface area contributed by atoms with Gasteiger partial charge in [0.25, 0.3) is 0 Å². The third-order valence-electron chi connectivity index (χ3n) is 6.17. The summed E-state index contributed by atoms with van der Waals surface area (Å²) in [6, 6.07) is 5.98. The van der Waals surface area contributed by atoms with E-state index < -0.39 is 0 Å². The van der Waals surface area contributed by atoms with Crippen molar-refractivity contribution in [2.75, 3.05) is 7.11 Å². The number of hydrogen-bond donors (Lipinski definition) is 0. The molecule has 3 rings (SSSR count). The average Bonchev–Trinajstić information content (AvgIpc) is 3.57. The van der Waals surface area contributed by atoms with Crippen LogP contribution in [0.5, 0.6) is 5.88 Å². The summed E-state index contributed by atoms with van der Waals surface area (Å²) in [5, 5.41) is 0. The van der Waals surface area contributed by atoms with Gasteiger partial charge >= 0.3 is 0 Å². The fourth-order valence-corrected chi connectivity index (χ4v) is 4.09. The van der Waals surface area contributed by atoms with Crippen LogP contribution in [-0.4, -0.2) is 17.9 Å². The predicted octanol–water partition coefficient (Wildman–Crippen LogP) is 6.56. The number of ketones is 1.